The molecule has 0 bridgehead atoms. The van der Waals surface area contributed by atoms with Gasteiger partial charge in [-0.15, -0.1) is 0 Å². The van der Waals surface area contributed by atoms with Crippen molar-refractivity contribution in [3.8, 4) is 0 Å². The molecule has 33 heavy (non-hydrogen) atoms. The fraction of sp³-hybridized carbons (Fsp3) is 0.391. The van der Waals surface area contributed by atoms with Crippen molar-refractivity contribution >= 4 is 29.3 Å². The number of hydrogen-bond donors (Lipinski definition) is 4. The van der Waals surface area contributed by atoms with Crippen LogP contribution in [0.3, 0.4) is 0 Å². The van der Waals surface area contributed by atoms with Gasteiger partial charge in [-0.2, -0.15) is 4.99 Å². The first-order chi connectivity index (χ1) is 15.8. The van der Waals surface area contributed by atoms with E-state index in [0.717, 1.165) is 31.7 Å². The first-order valence-corrected chi connectivity index (χ1v) is 11.0. The van der Waals surface area contributed by atoms with Gasteiger partial charge in [-0.3, -0.25) is 9.59 Å². The monoisotopic (exact) mass is 454 g/mol. The Balaban J connectivity index is 1.44. The smallest absolute Gasteiger partial charge is 0.280 e. The van der Waals surface area contributed by atoms with Gasteiger partial charge in [-0.1, -0.05) is 0 Å². The molecule has 1 saturated heterocycles. The number of nitrogens with one attached hydrogen (secondary N) is 4. The van der Waals surface area contributed by atoms with Crippen LogP contribution in [0.1, 0.15) is 64.8 Å². The van der Waals surface area contributed by atoms with Crippen molar-refractivity contribution in [3.63, 3.8) is 0 Å². The summed E-state index contributed by atoms with van der Waals surface area (Å²) in [7, 11) is 0. The summed E-state index contributed by atoms with van der Waals surface area (Å²) in [6.07, 6.45) is 4.66. The Morgan fingerprint density at radius 2 is 1.91 bits per heavy atom. The maximum absolute atomic E-state index is 15.2. The zero-order valence-corrected chi connectivity index (χ0v) is 18.1. The van der Waals surface area contributed by atoms with E-state index in [2.05, 4.69) is 31.2 Å². The van der Waals surface area contributed by atoms with Crippen molar-refractivity contribution in [1.82, 2.24) is 20.9 Å². The van der Waals surface area contributed by atoms with E-state index in [1.165, 1.54) is 12.3 Å². The highest BCUT2D eigenvalue weighted by molar-refractivity contribution is 6.03. The van der Waals surface area contributed by atoms with Crippen LogP contribution in [-0.2, 0) is 0 Å². The molecule has 2 saturated carbocycles. The van der Waals surface area contributed by atoms with Crippen molar-refractivity contribution in [2.75, 3.05) is 18.4 Å². The number of aliphatic imine (C=N–C) groups is 1. The molecule has 1 aliphatic heterocycles. The van der Waals surface area contributed by atoms with Gasteiger partial charge in [0.25, 0.3) is 11.8 Å². The SMILES string of the molecule is CC1(NC(=O)c2ccnc(Nc3c(F)cc(C(=O)N=C4NCCN4)cc3C3CC3)c2F)CC1. The summed E-state index contributed by atoms with van der Waals surface area (Å²) in [4.78, 5) is 33.0. The van der Waals surface area contributed by atoms with Crippen LogP contribution in [0.4, 0.5) is 20.3 Å². The van der Waals surface area contributed by atoms with E-state index < -0.39 is 23.4 Å². The fourth-order valence-corrected chi connectivity index (χ4v) is 3.75. The van der Waals surface area contributed by atoms with Crippen LogP contribution < -0.4 is 21.3 Å². The molecule has 2 aromatic rings. The Labute approximate surface area is 189 Å². The lowest BCUT2D eigenvalue weighted by molar-refractivity contribution is 0.0930. The predicted molar refractivity (Wildman–Crippen MR) is 119 cm³/mol. The molecule has 1 aromatic carbocycles. The summed E-state index contributed by atoms with van der Waals surface area (Å²) >= 11 is 0. The van der Waals surface area contributed by atoms with Gasteiger partial charge in [0.05, 0.1) is 11.3 Å². The van der Waals surface area contributed by atoms with Gasteiger partial charge in [-0.25, -0.2) is 13.8 Å². The minimum atomic E-state index is -0.856. The molecule has 3 fully saturated rings. The second-order valence-electron chi connectivity index (χ2n) is 8.98. The number of halogens is 2. The van der Waals surface area contributed by atoms with E-state index in [0.29, 0.717) is 24.6 Å². The van der Waals surface area contributed by atoms with Crippen molar-refractivity contribution in [3.05, 3.63) is 52.7 Å². The van der Waals surface area contributed by atoms with E-state index in [9.17, 15) is 9.59 Å². The van der Waals surface area contributed by atoms with Gasteiger partial charge in [0.15, 0.2) is 17.6 Å². The number of hydrogen-bond acceptors (Lipinski definition) is 4. The number of carbonyl (C=O) groups excluding carboxylic acids is 2. The Bertz CT molecular complexity index is 1170. The van der Waals surface area contributed by atoms with Gasteiger partial charge in [0.2, 0.25) is 0 Å². The Morgan fingerprint density at radius 1 is 1.18 bits per heavy atom. The fourth-order valence-electron chi connectivity index (χ4n) is 3.75. The van der Waals surface area contributed by atoms with Crippen LogP contribution >= 0.6 is 0 Å². The van der Waals surface area contributed by atoms with Gasteiger partial charge >= 0.3 is 0 Å². The molecule has 4 N–H and O–H groups in total. The molecule has 10 heteroatoms. The zero-order chi connectivity index (χ0) is 23.2. The van der Waals surface area contributed by atoms with E-state index in [1.807, 2.05) is 6.92 Å². The van der Waals surface area contributed by atoms with Crippen molar-refractivity contribution in [2.24, 2.45) is 4.99 Å². The number of aromatic nitrogens is 1. The van der Waals surface area contributed by atoms with Crippen molar-refractivity contribution in [2.45, 2.75) is 44.1 Å². The molecular weight excluding hydrogens is 430 g/mol. The maximum atomic E-state index is 15.2. The minimum absolute atomic E-state index is 0.0505. The third kappa shape index (κ3) is 4.50. The Hall–Kier alpha value is -3.56. The number of amides is 2. The minimum Gasteiger partial charge on any atom is -0.354 e. The van der Waals surface area contributed by atoms with Gasteiger partial charge in [0, 0.05) is 30.4 Å². The molecule has 2 amide bonds. The van der Waals surface area contributed by atoms with Crippen LogP contribution in [0.5, 0.6) is 0 Å². The molecule has 172 valence electrons. The lowest BCUT2D eigenvalue weighted by atomic mass is 10.0. The highest BCUT2D eigenvalue weighted by atomic mass is 19.1. The van der Waals surface area contributed by atoms with Gasteiger partial charge < -0.3 is 21.3 Å². The average molecular weight is 454 g/mol. The summed E-state index contributed by atoms with van der Waals surface area (Å²) in [6, 6.07) is 3.97. The third-order valence-electron chi connectivity index (χ3n) is 6.10. The third-order valence-corrected chi connectivity index (χ3v) is 6.10. The number of guanidine groups is 1. The number of benzene rings is 1. The first-order valence-electron chi connectivity index (χ1n) is 11.0. The van der Waals surface area contributed by atoms with E-state index in [-0.39, 0.29) is 34.1 Å². The molecule has 0 radical (unpaired) electrons. The average Bonchev–Trinajstić information content (AvgIpc) is 3.70. The molecule has 3 aliphatic rings. The normalized spacial score (nSPS) is 18.2. The van der Waals surface area contributed by atoms with Crippen molar-refractivity contribution in [1.29, 1.82) is 0 Å². The molecule has 5 rings (SSSR count). The Kier molecular flexibility index (Phi) is 5.22. The number of pyridine rings is 1. The second-order valence-corrected chi connectivity index (χ2v) is 8.98. The first kappa shape index (κ1) is 21.3. The van der Waals surface area contributed by atoms with Gasteiger partial charge in [-0.05, 0) is 62.3 Å². The number of carbonyl (C=O) groups is 2. The van der Waals surface area contributed by atoms with E-state index in [1.54, 1.807) is 6.07 Å². The number of rotatable bonds is 6. The Morgan fingerprint density at radius 3 is 2.58 bits per heavy atom. The van der Waals surface area contributed by atoms with Crippen LogP contribution in [0, 0.1) is 11.6 Å². The summed E-state index contributed by atoms with van der Waals surface area (Å²) in [6.45, 7) is 3.21. The second kappa shape index (κ2) is 8.09. The summed E-state index contributed by atoms with van der Waals surface area (Å²) in [5, 5.41) is 11.4. The molecule has 0 atom stereocenters. The molecule has 2 heterocycles. The largest absolute Gasteiger partial charge is 0.354 e. The number of nitrogens with zero attached hydrogens (tertiary/aromatic N) is 2. The topological polar surface area (TPSA) is 108 Å². The summed E-state index contributed by atoms with van der Waals surface area (Å²) in [5.41, 5.74) is 0.265. The molecule has 2 aliphatic carbocycles. The quantitative estimate of drug-likeness (QED) is 0.535. The van der Waals surface area contributed by atoms with Crippen LogP contribution in [0.2, 0.25) is 0 Å². The molecule has 1 aromatic heterocycles. The van der Waals surface area contributed by atoms with Gasteiger partial charge in [0.1, 0.15) is 5.82 Å². The zero-order valence-electron chi connectivity index (χ0n) is 18.1. The van der Waals surface area contributed by atoms with Crippen molar-refractivity contribution < 1.29 is 18.4 Å². The molecular formula is C23H24F2N6O2. The van der Waals surface area contributed by atoms with Crippen LogP contribution in [0.25, 0.3) is 0 Å². The van der Waals surface area contributed by atoms with E-state index in [4.69, 9.17) is 0 Å². The van der Waals surface area contributed by atoms with Crippen LogP contribution in [0.15, 0.2) is 29.4 Å². The standard InChI is InChI=1S/C23H24F2N6O2/c1-23(5-6-23)31-21(33)14-4-7-26-19(17(14)25)29-18-15(12-2-3-12)10-13(11-16(18)24)20(32)30-22-27-8-9-28-22/h4,7,10-12H,2-3,5-6,8-9H2,1H3,(H,26,29)(H,31,33)(H2,27,28,30,32). The summed E-state index contributed by atoms with van der Waals surface area (Å²) in [5.74, 6) is -2.51. The predicted octanol–water partition coefficient (Wildman–Crippen LogP) is 2.95. The molecule has 0 spiro atoms. The van der Waals surface area contributed by atoms with E-state index >= 15 is 8.78 Å². The lowest BCUT2D eigenvalue weighted by Crippen LogP contribution is -2.34. The molecule has 8 nitrogen and oxygen atoms in total. The number of anilines is 2. The highest BCUT2D eigenvalue weighted by Gasteiger charge is 2.39. The molecule has 0 unspecified atom stereocenters. The van der Waals surface area contributed by atoms with Crippen LogP contribution in [-0.4, -0.2) is 41.4 Å². The highest BCUT2D eigenvalue weighted by Crippen LogP contribution is 2.45. The lowest BCUT2D eigenvalue weighted by Gasteiger charge is -2.16. The maximum Gasteiger partial charge on any atom is 0.280 e. The summed E-state index contributed by atoms with van der Waals surface area (Å²) < 4.78 is 30.3.